The fourth-order valence-corrected chi connectivity index (χ4v) is 3.90. The minimum absolute atomic E-state index is 0.0765. The van der Waals surface area contributed by atoms with Crippen LogP contribution < -0.4 is 10.2 Å². The van der Waals surface area contributed by atoms with Gasteiger partial charge in [0.05, 0.1) is 23.4 Å². The molecule has 0 spiro atoms. The molecule has 1 N–H and O–H groups in total. The molecule has 1 aromatic heterocycles. The molecule has 1 aliphatic heterocycles. The lowest BCUT2D eigenvalue weighted by molar-refractivity contribution is -0.384. The number of esters is 1. The molecule has 0 saturated carbocycles. The topological polar surface area (TPSA) is 123 Å². The van der Waals surface area contributed by atoms with Gasteiger partial charge in [0.1, 0.15) is 11.3 Å². The standard InChI is InChI=1S/C24H26N6O5/c1-3-35-24(32)19-16-25-29(18-7-5-4-6-8-18)22(19)26-23(31)17-9-10-20(21(15-17)30(33)34)28-13-11-27(2)12-14-28/h4-10,15-16H,3,11-14H2,1-2H3,(H,26,31). The van der Waals surface area contributed by atoms with Crippen molar-refractivity contribution in [2.45, 2.75) is 6.92 Å². The number of benzene rings is 2. The van der Waals surface area contributed by atoms with Gasteiger partial charge in [0.2, 0.25) is 0 Å². The molecule has 4 rings (SSSR count). The number of ether oxygens (including phenoxy) is 1. The normalized spacial score (nSPS) is 13.9. The Bertz CT molecular complexity index is 1230. The van der Waals surface area contributed by atoms with Gasteiger partial charge in [-0.1, -0.05) is 18.2 Å². The summed E-state index contributed by atoms with van der Waals surface area (Å²) in [7, 11) is 2.00. The maximum absolute atomic E-state index is 13.2. The number of nitro benzene ring substituents is 1. The van der Waals surface area contributed by atoms with Gasteiger partial charge in [-0.05, 0) is 38.2 Å². The number of carbonyl (C=O) groups is 2. The smallest absolute Gasteiger partial charge is 0.343 e. The summed E-state index contributed by atoms with van der Waals surface area (Å²) in [4.78, 5) is 41.1. The van der Waals surface area contributed by atoms with Crippen molar-refractivity contribution in [2.75, 3.05) is 50.1 Å². The number of nitro groups is 1. The van der Waals surface area contributed by atoms with Crippen LogP contribution in [0.3, 0.4) is 0 Å². The molecular formula is C24H26N6O5. The summed E-state index contributed by atoms with van der Waals surface area (Å²) < 4.78 is 6.52. The quantitative estimate of drug-likeness (QED) is 0.312. The zero-order valence-corrected chi connectivity index (χ0v) is 19.5. The molecule has 1 fully saturated rings. The summed E-state index contributed by atoms with van der Waals surface area (Å²) in [5.74, 6) is -1.13. The predicted molar refractivity (Wildman–Crippen MR) is 130 cm³/mol. The van der Waals surface area contributed by atoms with Gasteiger partial charge in [-0.3, -0.25) is 14.9 Å². The molecule has 3 aromatic rings. The van der Waals surface area contributed by atoms with E-state index in [0.717, 1.165) is 13.1 Å². The Morgan fingerprint density at radius 2 is 1.83 bits per heavy atom. The first-order valence-corrected chi connectivity index (χ1v) is 11.2. The van der Waals surface area contributed by atoms with Crippen LogP contribution in [0, 0.1) is 10.1 Å². The maximum Gasteiger partial charge on any atom is 0.343 e. The summed E-state index contributed by atoms with van der Waals surface area (Å²) >= 11 is 0. The lowest BCUT2D eigenvalue weighted by Gasteiger charge is -2.33. The third kappa shape index (κ3) is 5.14. The van der Waals surface area contributed by atoms with Gasteiger partial charge in [0.25, 0.3) is 11.6 Å². The highest BCUT2D eigenvalue weighted by molar-refractivity contribution is 6.08. The Kier molecular flexibility index (Phi) is 7.06. The fourth-order valence-electron chi connectivity index (χ4n) is 3.90. The average molecular weight is 479 g/mol. The number of nitrogens with zero attached hydrogens (tertiary/aromatic N) is 5. The first-order valence-electron chi connectivity index (χ1n) is 11.2. The highest BCUT2D eigenvalue weighted by Crippen LogP contribution is 2.31. The average Bonchev–Trinajstić information content (AvgIpc) is 3.28. The number of hydrogen-bond donors (Lipinski definition) is 1. The van der Waals surface area contributed by atoms with Crippen molar-refractivity contribution >= 4 is 29.1 Å². The Labute approximate surface area is 202 Å². The molecule has 1 saturated heterocycles. The largest absolute Gasteiger partial charge is 0.462 e. The van der Waals surface area contributed by atoms with Gasteiger partial charge < -0.3 is 19.9 Å². The van der Waals surface area contributed by atoms with E-state index in [4.69, 9.17) is 4.74 Å². The van der Waals surface area contributed by atoms with E-state index in [1.54, 1.807) is 43.3 Å². The molecule has 0 aliphatic carbocycles. The van der Waals surface area contributed by atoms with Crippen molar-refractivity contribution in [3.05, 3.63) is 76.0 Å². The van der Waals surface area contributed by atoms with Crippen LogP contribution in [0.2, 0.25) is 0 Å². The van der Waals surface area contributed by atoms with Crippen LogP contribution >= 0.6 is 0 Å². The second-order valence-corrected chi connectivity index (χ2v) is 8.08. The van der Waals surface area contributed by atoms with Crippen molar-refractivity contribution in [1.82, 2.24) is 14.7 Å². The number of nitrogens with one attached hydrogen (secondary N) is 1. The van der Waals surface area contributed by atoms with Gasteiger partial charge in [-0.25, -0.2) is 9.48 Å². The number of para-hydroxylation sites is 1. The van der Waals surface area contributed by atoms with Gasteiger partial charge in [0, 0.05) is 37.8 Å². The minimum Gasteiger partial charge on any atom is -0.462 e. The van der Waals surface area contributed by atoms with Crippen LogP contribution in [0.5, 0.6) is 0 Å². The molecule has 2 heterocycles. The maximum atomic E-state index is 13.2. The first-order chi connectivity index (χ1) is 16.9. The van der Waals surface area contributed by atoms with E-state index in [-0.39, 0.29) is 29.2 Å². The predicted octanol–water partition coefficient (Wildman–Crippen LogP) is 2.96. The molecule has 11 heteroatoms. The SMILES string of the molecule is CCOC(=O)c1cnn(-c2ccccc2)c1NC(=O)c1ccc(N2CCN(C)CC2)c([N+](=O)[O-])c1. The molecule has 0 bridgehead atoms. The van der Waals surface area contributed by atoms with Gasteiger partial charge in [-0.2, -0.15) is 5.10 Å². The van der Waals surface area contributed by atoms with E-state index in [1.807, 2.05) is 18.0 Å². The number of rotatable bonds is 7. The van der Waals surface area contributed by atoms with E-state index in [0.29, 0.717) is 24.5 Å². The number of carbonyl (C=O) groups excluding carboxylic acids is 2. The second kappa shape index (κ2) is 10.3. The van der Waals surface area contributed by atoms with Crippen molar-refractivity contribution in [3.8, 4) is 5.69 Å². The van der Waals surface area contributed by atoms with Gasteiger partial charge >= 0.3 is 5.97 Å². The number of anilines is 2. The van der Waals surface area contributed by atoms with Crippen molar-refractivity contribution in [1.29, 1.82) is 0 Å². The molecule has 1 aliphatic rings. The molecule has 11 nitrogen and oxygen atoms in total. The number of piperazine rings is 1. The van der Waals surface area contributed by atoms with Crippen molar-refractivity contribution in [2.24, 2.45) is 0 Å². The molecule has 2 aromatic carbocycles. The van der Waals surface area contributed by atoms with Crippen LogP contribution in [0.15, 0.2) is 54.7 Å². The lowest BCUT2D eigenvalue weighted by atomic mass is 10.1. The Hall–Kier alpha value is -4.25. The Morgan fingerprint density at radius 3 is 2.49 bits per heavy atom. The zero-order valence-electron chi connectivity index (χ0n) is 19.5. The summed E-state index contributed by atoms with van der Waals surface area (Å²) in [6, 6.07) is 13.4. The molecule has 0 atom stereocenters. The summed E-state index contributed by atoms with van der Waals surface area (Å²) in [5.41, 5.74) is 1.11. The van der Waals surface area contributed by atoms with Crippen LogP contribution in [0.25, 0.3) is 5.69 Å². The Morgan fingerprint density at radius 1 is 1.11 bits per heavy atom. The minimum atomic E-state index is -0.638. The van der Waals surface area contributed by atoms with E-state index in [1.165, 1.54) is 16.9 Å². The molecule has 1 amide bonds. The lowest BCUT2D eigenvalue weighted by Crippen LogP contribution is -2.44. The van der Waals surface area contributed by atoms with Gasteiger partial charge in [0.15, 0.2) is 5.82 Å². The van der Waals surface area contributed by atoms with E-state index in [9.17, 15) is 19.7 Å². The second-order valence-electron chi connectivity index (χ2n) is 8.08. The number of aromatic nitrogens is 2. The summed E-state index contributed by atoms with van der Waals surface area (Å²) in [6.07, 6.45) is 1.32. The molecule has 35 heavy (non-hydrogen) atoms. The van der Waals surface area contributed by atoms with E-state index < -0.39 is 16.8 Å². The number of amides is 1. The van der Waals surface area contributed by atoms with Crippen LogP contribution in [0.4, 0.5) is 17.2 Å². The van der Waals surface area contributed by atoms with Crippen LogP contribution in [-0.4, -0.2) is 71.3 Å². The fraction of sp³-hybridized carbons (Fsp3) is 0.292. The molecule has 0 unspecified atom stereocenters. The van der Waals surface area contributed by atoms with Crippen LogP contribution in [-0.2, 0) is 4.74 Å². The highest BCUT2D eigenvalue weighted by atomic mass is 16.6. The first kappa shape index (κ1) is 23.9. The third-order valence-electron chi connectivity index (χ3n) is 5.78. The molecule has 182 valence electrons. The molecular weight excluding hydrogens is 452 g/mol. The van der Waals surface area contributed by atoms with Gasteiger partial charge in [-0.15, -0.1) is 0 Å². The summed E-state index contributed by atoms with van der Waals surface area (Å²) in [6.45, 7) is 4.73. The number of likely N-dealkylation sites (N-methyl/N-ethyl adjacent to an activating group) is 1. The van der Waals surface area contributed by atoms with E-state index in [2.05, 4.69) is 15.3 Å². The monoisotopic (exact) mass is 478 g/mol. The van der Waals surface area contributed by atoms with Crippen molar-refractivity contribution < 1.29 is 19.2 Å². The van der Waals surface area contributed by atoms with Crippen molar-refractivity contribution in [3.63, 3.8) is 0 Å². The highest BCUT2D eigenvalue weighted by Gasteiger charge is 2.26. The number of hydrogen-bond acceptors (Lipinski definition) is 8. The third-order valence-corrected chi connectivity index (χ3v) is 5.78. The van der Waals surface area contributed by atoms with Crippen LogP contribution in [0.1, 0.15) is 27.6 Å². The Balaban J connectivity index is 1.66. The zero-order chi connectivity index (χ0) is 24.9. The molecule has 0 radical (unpaired) electrons. The summed E-state index contributed by atoms with van der Waals surface area (Å²) in [5, 5.41) is 18.8. The van der Waals surface area contributed by atoms with E-state index >= 15 is 0 Å².